The monoisotopic (exact) mass is 245 g/mol. The molecule has 0 spiro atoms. The first-order chi connectivity index (χ1) is 8.86. The Hall–Kier alpha value is -1.95. The van der Waals surface area contributed by atoms with Gasteiger partial charge in [0.05, 0.1) is 18.8 Å². The summed E-state index contributed by atoms with van der Waals surface area (Å²) in [6, 6.07) is 7.85. The number of tetrazole rings is 1. The van der Waals surface area contributed by atoms with Crippen molar-refractivity contribution in [3.8, 4) is 11.4 Å². The Kier molecular flexibility index (Phi) is 2.93. The Bertz CT molecular complexity index is 533. The van der Waals surface area contributed by atoms with Gasteiger partial charge in [-0.25, -0.2) is 0 Å². The molecule has 1 aromatic carbocycles. The van der Waals surface area contributed by atoms with E-state index >= 15 is 0 Å². The summed E-state index contributed by atoms with van der Waals surface area (Å²) in [6.07, 6.45) is 2.24. The van der Waals surface area contributed by atoms with Crippen LogP contribution in [0.25, 0.3) is 5.69 Å². The summed E-state index contributed by atoms with van der Waals surface area (Å²) in [6.45, 7) is 1.03. The zero-order chi connectivity index (χ0) is 12.4. The maximum absolute atomic E-state index is 5.18. The second-order valence-corrected chi connectivity index (χ2v) is 4.29. The average molecular weight is 245 g/mol. The van der Waals surface area contributed by atoms with Crippen LogP contribution < -0.4 is 10.1 Å². The molecular weight excluding hydrogens is 230 g/mol. The van der Waals surface area contributed by atoms with Crippen molar-refractivity contribution in [1.82, 2.24) is 25.5 Å². The quantitative estimate of drug-likeness (QED) is 0.877. The van der Waals surface area contributed by atoms with E-state index in [1.54, 1.807) is 7.11 Å². The summed E-state index contributed by atoms with van der Waals surface area (Å²) in [5.41, 5.74) is 0.853. The second kappa shape index (κ2) is 4.73. The van der Waals surface area contributed by atoms with E-state index in [2.05, 4.69) is 20.7 Å². The van der Waals surface area contributed by atoms with Crippen LogP contribution in [-0.2, 0) is 0 Å². The minimum Gasteiger partial charge on any atom is -0.497 e. The number of benzene rings is 1. The third-order valence-corrected chi connectivity index (χ3v) is 3.09. The number of methoxy groups -OCH3 is 1. The Morgan fingerprint density at radius 2 is 2.39 bits per heavy atom. The number of nitrogens with one attached hydrogen (secondary N) is 1. The van der Waals surface area contributed by atoms with Gasteiger partial charge in [0.25, 0.3) is 0 Å². The molecule has 94 valence electrons. The standard InChI is InChI=1S/C12H15N5O/c1-18-10-5-2-4-9(8-10)17-15-12(14-16-17)11-6-3-7-13-11/h2,4-5,8,11,13H,3,6-7H2,1H3. The molecule has 1 saturated heterocycles. The highest BCUT2D eigenvalue weighted by atomic mass is 16.5. The molecule has 2 heterocycles. The van der Waals surface area contributed by atoms with Crippen LogP contribution in [0.15, 0.2) is 24.3 Å². The molecular formula is C12H15N5O. The van der Waals surface area contributed by atoms with E-state index < -0.39 is 0 Å². The summed E-state index contributed by atoms with van der Waals surface area (Å²) in [4.78, 5) is 1.54. The molecule has 1 fully saturated rings. The van der Waals surface area contributed by atoms with Crippen LogP contribution in [0.5, 0.6) is 5.75 Å². The predicted octanol–water partition coefficient (Wildman–Crippen LogP) is 1.10. The number of aromatic nitrogens is 4. The number of ether oxygens (including phenoxy) is 1. The zero-order valence-electron chi connectivity index (χ0n) is 10.2. The van der Waals surface area contributed by atoms with Gasteiger partial charge in [-0.2, -0.15) is 0 Å². The van der Waals surface area contributed by atoms with Gasteiger partial charge in [0.15, 0.2) is 5.82 Å². The van der Waals surface area contributed by atoms with Crippen molar-refractivity contribution in [2.45, 2.75) is 18.9 Å². The van der Waals surface area contributed by atoms with Crippen molar-refractivity contribution in [1.29, 1.82) is 0 Å². The first-order valence-corrected chi connectivity index (χ1v) is 6.04. The van der Waals surface area contributed by atoms with Crippen molar-refractivity contribution in [2.75, 3.05) is 13.7 Å². The van der Waals surface area contributed by atoms with Gasteiger partial charge in [-0.1, -0.05) is 6.07 Å². The maximum atomic E-state index is 5.18. The molecule has 6 heteroatoms. The van der Waals surface area contributed by atoms with Crippen LogP contribution in [0.3, 0.4) is 0 Å². The fraction of sp³-hybridized carbons (Fsp3) is 0.417. The van der Waals surface area contributed by atoms with E-state index in [-0.39, 0.29) is 6.04 Å². The van der Waals surface area contributed by atoms with Gasteiger partial charge in [0.1, 0.15) is 5.75 Å². The minimum atomic E-state index is 0.240. The lowest BCUT2D eigenvalue weighted by Gasteiger charge is -2.03. The summed E-state index contributed by atoms with van der Waals surface area (Å²) < 4.78 is 5.18. The third kappa shape index (κ3) is 2.06. The van der Waals surface area contributed by atoms with E-state index in [1.165, 1.54) is 11.2 Å². The van der Waals surface area contributed by atoms with Gasteiger partial charge in [-0.05, 0) is 36.7 Å². The molecule has 1 N–H and O–H groups in total. The van der Waals surface area contributed by atoms with Crippen LogP contribution in [-0.4, -0.2) is 33.9 Å². The normalized spacial score (nSPS) is 19.1. The van der Waals surface area contributed by atoms with Crippen molar-refractivity contribution in [3.63, 3.8) is 0 Å². The van der Waals surface area contributed by atoms with Crippen LogP contribution in [0, 0.1) is 0 Å². The van der Waals surface area contributed by atoms with E-state index in [1.807, 2.05) is 24.3 Å². The van der Waals surface area contributed by atoms with Crippen molar-refractivity contribution >= 4 is 0 Å². The molecule has 18 heavy (non-hydrogen) atoms. The highest BCUT2D eigenvalue weighted by Gasteiger charge is 2.21. The molecule has 1 unspecified atom stereocenters. The van der Waals surface area contributed by atoms with E-state index in [0.717, 1.165) is 30.2 Å². The molecule has 1 aliphatic heterocycles. The van der Waals surface area contributed by atoms with Crippen molar-refractivity contribution in [3.05, 3.63) is 30.1 Å². The van der Waals surface area contributed by atoms with Crippen molar-refractivity contribution < 1.29 is 4.74 Å². The number of hydrogen-bond donors (Lipinski definition) is 1. The van der Waals surface area contributed by atoms with E-state index in [4.69, 9.17) is 4.74 Å². The van der Waals surface area contributed by atoms with Gasteiger partial charge >= 0.3 is 0 Å². The van der Waals surface area contributed by atoms with Gasteiger partial charge in [0, 0.05) is 6.07 Å². The van der Waals surface area contributed by atoms with E-state index in [9.17, 15) is 0 Å². The lowest BCUT2D eigenvalue weighted by Crippen LogP contribution is -2.14. The van der Waals surface area contributed by atoms with Gasteiger partial charge in [-0.15, -0.1) is 15.0 Å². The molecule has 0 radical (unpaired) electrons. The Balaban J connectivity index is 1.87. The molecule has 0 bridgehead atoms. The highest BCUT2D eigenvalue weighted by molar-refractivity contribution is 5.37. The summed E-state index contributed by atoms with van der Waals surface area (Å²) >= 11 is 0. The Morgan fingerprint density at radius 3 is 3.17 bits per heavy atom. The fourth-order valence-corrected chi connectivity index (χ4v) is 2.11. The van der Waals surface area contributed by atoms with Gasteiger partial charge in [0.2, 0.25) is 0 Å². The SMILES string of the molecule is COc1cccc(-n2nnc(C3CCCN3)n2)c1. The molecule has 2 aromatic rings. The van der Waals surface area contributed by atoms with E-state index in [0.29, 0.717) is 0 Å². The van der Waals surface area contributed by atoms with Crippen LogP contribution in [0.1, 0.15) is 24.7 Å². The molecule has 1 aromatic heterocycles. The maximum Gasteiger partial charge on any atom is 0.192 e. The number of rotatable bonds is 3. The van der Waals surface area contributed by atoms with Crippen LogP contribution in [0.4, 0.5) is 0 Å². The fourth-order valence-electron chi connectivity index (χ4n) is 2.11. The first kappa shape index (κ1) is 11.2. The highest BCUT2D eigenvalue weighted by Crippen LogP contribution is 2.20. The molecule has 1 aliphatic rings. The Morgan fingerprint density at radius 1 is 1.44 bits per heavy atom. The third-order valence-electron chi connectivity index (χ3n) is 3.09. The minimum absolute atomic E-state index is 0.240. The average Bonchev–Trinajstić information content (AvgIpc) is 3.09. The lowest BCUT2D eigenvalue weighted by atomic mass is 10.2. The zero-order valence-corrected chi connectivity index (χ0v) is 10.2. The van der Waals surface area contributed by atoms with Crippen molar-refractivity contribution in [2.24, 2.45) is 0 Å². The number of hydrogen-bond acceptors (Lipinski definition) is 5. The first-order valence-electron chi connectivity index (χ1n) is 6.04. The molecule has 3 rings (SSSR count). The summed E-state index contributed by atoms with van der Waals surface area (Å²) in [7, 11) is 1.64. The molecule has 6 nitrogen and oxygen atoms in total. The smallest absolute Gasteiger partial charge is 0.192 e. The second-order valence-electron chi connectivity index (χ2n) is 4.29. The Labute approximate surface area is 105 Å². The molecule has 0 saturated carbocycles. The topological polar surface area (TPSA) is 64.9 Å². The summed E-state index contributed by atoms with van der Waals surface area (Å²) in [5, 5.41) is 16.0. The predicted molar refractivity (Wildman–Crippen MR) is 65.7 cm³/mol. The van der Waals surface area contributed by atoms with Crippen LogP contribution >= 0.6 is 0 Å². The lowest BCUT2D eigenvalue weighted by molar-refractivity contribution is 0.414. The number of nitrogens with zero attached hydrogens (tertiary/aromatic N) is 4. The molecule has 0 amide bonds. The molecule has 0 aliphatic carbocycles. The van der Waals surface area contributed by atoms with Gasteiger partial charge in [-0.3, -0.25) is 0 Å². The largest absolute Gasteiger partial charge is 0.497 e. The summed E-state index contributed by atoms with van der Waals surface area (Å²) in [5.74, 6) is 1.54. The molecule has 1 atom stereocenters. The van der Waals surface area contributed by atoms with Gasteiger partial charge < -0.3 is 10.1 Å². The van der Waals surface area contributed by atoms with Crippen LogP contribution in [0.2, 0.25) is 0 Å².